The average molecular weight is 262 g/mol. The number of rotatable bonds is 4. The Labute approximate surface area is 112 Å². The zero-order valence-corrected chi connectivity index (χ0v) is 11.3. The Bertz CT molecular complexity index is 418. The summed E-state index contributed by atoms with van der Waals surface area (Å²) in [5.74, 6) is 2.34. The predicted molar refractivity (Wildman–Crippen MR) is 73.6 cm³/mol. The number of allylic oxidation sites excluding steroid dienone is 1. The van der Waals surface area contributed by atoms with Crippen LogP contribution in [0.2, 0.25) is 0 Å². The maximum Gasteiger partial charge on any atom is 0.158 e. The molecule has 1 aromatic carbocycles. The second-order valence-electron chi connectivity index (χ2n) is 4.84. The molecule has 0 amide bonds. The fraction of sp³-hybridized carbons (Fsp3) is 0.467. The molecule has 0 spiro atoms. The Balaban J connectivity index is 1.57. The molecule has 3 heteroatoms. The number of hydrogen-bond donors (Lipinski definition) is 0. The van der Waals surface area contributed by atoms with Crippen LogP contribution in [0.25, 0.3) is 0 Å². The number of hydrogen-bond acceptors (Lipinski definition) is 3. The van der Waals surface area contributed by atoms with Crippen molar-refractivity contribution in [2.24, 2.45) is 11.8 Å². The molecule has 4 atom stereocenters. The highest BCUT2D eigenvalue weighted by Gasteiger charge is 2.41. The minimum Gasteiger partial charge on any atom is -0.356 e. The molecule has 0 N–H and O–H groups in total. The van der Waals surface area contributed by atoms with Gasteiger partial charge >= 0.3 is 0 Å². The molecule has 0 aromatic heterocycles. The van der Waals surface area contributed by atoms with E-state index in [2.05, 4.69) is 42.5 Å². The molecule has 2 nitrogen and oxygen atoms in total. The van der Waals surface area contributed by atoms with Crippen LogP contribution in [0, 0.1) is 11.8 Å². The van der Waals surface area contributed by atoms with Crippen LogP contribution < -0.4 is 0 Å². The Morgan fingerprint density at radius 2 is 2.11 bits per heavy atom. The lowest BCUT2D eigenvalue weighted by atomic mass is 9.94. The Morgan fingerprint density at radius 1 is 1.28 bits per heavy atom. The Morgan fingerprint density at radius 3 is 2.89 bits per heavy atom. The predicted octanol–water partition coefficient (Wildman–Crippen LogP) is 3.34. The van der Waals surface area contributed by atoms with E-state index in [1.54, 1.807) is 7.11 Å². The fourth-order valence-electron chi connectivity index (χ4n) is 2.73. The monoisotopic (exact) mass is 262 g/mol. The van der Waals surface area contributed by atoms with Crippen molar-refractivity contribution >= 4 is 11.8 Å². The van der Waals surface area contributed by atoms with Gasteiger partial charge in [0.15, 0.2) is 6.29 Å². The summed E-state index contributed by atoms with van der Waals surface area (Å²) in [4.78, 5) is 1.34. The third kappa shape index (κ3) is 2.48. The van der Waals surface area contributed by atoms with Gasteiger partial charge in [-0.1, -0.05) is 30.4 Å². The van der Waals surface area contributed by atoms with Crippen LogP contribution in [-0.4, -0.2) is 25.3 Å². The number of thioether (sulfide) groups is 1. The van der Waals surface area contributed by atoms with Crippen molar-refractivity contribution in [1.29, 1.82) is 0 Å². The molecule has 1 aliphatic carbocycles. The summed E-state index contributed by atoms with van der Waals surface area (Å²) in [6, 6.07) is 10.6. The second kappa shape index (κ2) is 5.47. The molecule has 1 aliphatic heterocycles. The van der Waals surface area contributed by atoms with Crippen molar-refractivity contribution in [1.82, 2.24) is 0 Å². The van der Waals surface area contributed by atoms with Gasteiger partial charge in [-0.05, 0) is 18.1 Å². The van der Waals surface area contributed by atoms with Crippen molar-refractivity contribution in [3.05, 3.63) is 42.5 Å². The molecule has 1 heterocycles. The van der Waals surface area contributed by atoms with E-state index in [1.807, 2.05) is 11.8 Å². The van der Waals surface area contributed by atoms with E-state index in [-0.39, 0.29) is 12.4 Å². The summed E-state index contributed by atoms with van der Waals surface area (Å²) < 4.78 is 11.1. The minimum absolute atomic E-state index is 0.00539. The summed E-state index contributed by atoms with van der Waals surface area (Å²) in [6.07, 6.45) is 5.82. The van der Waals surface area contributed by atoms with Crippen LogP contribution in [-0.2, 0) is 9.47 Å². The van der Waals surface area contributed by atoms with Gasteiger partial charge in [0.2, 0.25) is 0 Å². The SMILES string of the molecule is COC1C[C@H]2[C@@H](CSc3ccccc3)C=C[C@H]2O1. The van der Waals surface area contributed by atoms with Crippen LogP contribution in [0.15, 0.2) is 47.4 Å². The minimum atomic E-state index is -0.00539. The first-order chi connectivity index (χ1) is 8.86. The number of fused-ring (bicyclic) bond motifs is 1. The zero-order chi connectivity index (χ0) is 12.4. The fourth-order valence-corrected chi connectivity index (χ4v) is 3.82. The molecule has 0 radical (unpaired) electrons. The molecule has 1 unspecified atom stereocenters. The molecular formula is C15H18O2S. The quantitative estimate of drug-likeness (QED) is 0.612. The smallest absolute Gasteiger partial charge is 0.158 e. The molecule has 18 heavy (non-hydrogen) atoms. The van der Waals surface area contributed by atoms with Crippen LogP contribution in [0.4, 0.5) is 0 Å². The molecule has 1 fully saturated rings. The summed E-state index contributed by atoms with van der Waals surface area (Å²) in [6.45, 7) is 0. The van der Waals surface area contributed by atoms with Gasteiger partial charge in [0.25, 0.3) is 0 Å². The zero-order valence-electron chi connectivity index (χ0n) is 10.5. The summed E-state index contributed by atoms with van der Waals surface area (Å²) in [5.41, 5.74) is 0. The van der Waals surface area contributed by atoms with E-state index in [0.717, 1.165) is 12.2 Å². The maximum atomic E-state index is 5.80. The second-order valence-corrected chi connectivity index (χ2v) is 5.93. The van der Waals surface area contributed by atoms with Gasteiger partial charge in [-0.25, -0.2) is 0 Å². The Kier molecular flexibility index (Phi) is 3.73. The van der Waals surface area contributed by atoms with Crippen LogP contribution in [0.5, 0.6) is 0 Å². The van der Waals surface area contributed by atoms with Gasteiger partial charge in [-0.3, -0.25) is 0 Å². The van der Waals surface area contributed by atoms with Crippen molar-refractivity contribution in [2.75, 3.05) is 12.9 Å². The summed E-state index contributed by atoms with van der Waals surface area (Å²) >= 11 is 1.93. The molecule has 0 bridgehead atoms. The highest BCUT2D eigenvalue weighted by atomic mass is 32.2. The van der Waals surface area contributed by atoms with Crippen molar-refractivity contribution in [3.63, 3.8) is 0 Å². The van der Waals surface area contributed by atoms with Gasteiger partial charge in [0.05, 0.1) is 6.10 Å². The first-order valence-corrected chi connectivity index (χ1v) is 7.40. The van der Waals surface area contributed by atoms with Gasteiger partial charge in [0.1, 0.15) is 0 Å². The third-order valence-corrected chi connectivity index (χ3v) is 4.90. The topological polar surface area (TPSA) is 18.5 Å². The molecule has 1 aromatic rings. The van der Waals surface area contributed by atoms with E-state index in [1.165, 1.54) is 4.90 Å². The maximum absolute atomic E-state index is 5.80. The van der Waals surface area contributed by atoms with E-state index in [4.69, 9.17) is 9.47 Å². The average Bonchev–Trinajstić information content (AvgIpc) is 2.97. The van der Waals surface area contributed by atoms with E-state index >= 15 is 0 Å². The van der Waals surface area contributed by atoms with Crippen LogP contribution >= 0.6 is 11.8 Å². The molecule has 3 rings (SSSR count). The third-order valence-electron chi connectivity index (χ3n) is 3.74. The van der Waals surface area contributed by atoms with E-state index in [0.29, 0.717) is 11.8 Å². The largest absolute Gasteiger partial charge is 0.356 e. The van der Waals surface area contributed by atoms with Gasteiger partial charge < -0.3 is 9.47 Å². The van der Waals surface area contributed by atoms with Gasteiger partial charge in [-0.15, -0.1) is 11.8 Å². The molecule has 0 saturated carbocycles. The summed E-state index contributed by atoms with van der Waals surface area (Å²) in [7, 11) is 1.73. The van der Waals surface area contributed by atoms with Crippen LogP contribution in [0.3, 0.4) is 0 Å². The standard InChI is InChI=1S/C15H18O2S/c1-16-15-9-13-11(7-8-14(13)17-15)10-18-12-5-3-2-4-6-12/h2-8,11,13-15H,9-10H2,1H3/t11-,13+,14-,15?/m1/s1. The number of benzene rings is 1. The van der Waals surface area contributed by atoms with Crippen LogP contribution in [0.1, 0.15) is 6.42 Å². The Hall–Kier alpha value is -0.770. The lowest BCUT2D eigenvalue weighted by molar-refractivity contribution is -0.104. The number of ether oxygens (including phenoxy) is 2. The number of methoxy groups -OCH3 is 1. The van der Waals surface area contributed by atoms with E-state index < -0.39 is 0 Å². The van der Waals surface area contributed by atoms with Gasteiger partial charge in [-0.2, -0.15) is 0 Å². The normalized spacial score (nSPS) is 33.8. The lowest BCUT2D eigenvalue weighted by Crippen LogP contribution is -2.16. The first-order valence-electron chi connectivity index (χ1n) is 6.41. The molecule has 2 aliphatic rings. The van der Waals surface area contributed by atoms with Crippen molar-refractivity contribution in [3.8, 4) is 0 Å². The molecule has 96 valence electrons. The molecule has 1 saturated heterocycles. The first kappa shape index (κ1) is 12.3. The molecular weight excluding hydrogens is 244 g/mol. The highest BCUT2D eigenvalue weighted by Crippen LogP contribution is 2.41. The van der Waals surface area contributed by atoms with E-state index in [9.17, 15) is 0 Å². The highest BCUT2D eigenvalue weighted by molar-refractivity contribution is 7.99. The van der Waals surface area contributed by atoms with Crippen molar-refractivity contribution in [2.45, 2.75) is 23.7 Å². The lowest BCUT2D eigenvalue weighted by Gasteiger charge is -2.16. The van der Waals surface area contributed by atoms with Gasteiger partial charge in [0, 0.05) is 30.1 Å². The summed E-state index contributed by atoms with van der Waals surface area (Å²) in [5, 5.41) is 0. The van der Waals surface area contributed by atoms with Crippen molar-refractivity contribution < 1.29 is 9.47 Å².